The quantitative estimate of drug-likeness (QED) is 0.692. The molecule has 24 heavy (non-hydrogen) atoms. The molecule has 3 nitrogen and oxygen atoms in total. The molecular weight excluding hydrogens is 316 g/mol. The summed E-state index contributed by atoms with van der Waals surface area (Å²) in [4.78, 5) is 18.9. The van der Waals surface area contributed by atoms with E-state index in [0.717, 1.165) is 16.3 Å². The molecule has 0 aliphatic carbocycles. The zero-order valence-electron chi connectivity index (χ0n) is 14.1. The molecule has 0 atom stereocenters. The van der Waals surface area contributed by atoms with Gasteiger partial charge in [0.25, 0.3) is 5.91 Å². The molecule has 1 heterocycles. The molecule has 1 amide bonds. The van der Waals surface area contributed by atoms with Gasteiger partial charge in [-0.05, 0) is 37.1 Å². The predicted octanol–water partition coefficient (Wildman–Crippen LogP) is 4.70. The maximum atomic E-state index is 12.6. The summed E-state index contributed by atoms with van der Waals surface area (Å²) in [6.07, 6.45) is 0. The van der Waals surface area contributed by atoms with E-state index in [2.05, 4.69) is 24.0 Å². The van der Waals surface area contributed by atoms with Crippen LogP contribution < -0.4 is 0 Å². The van der Waals surface area contributed by atoms with Crippen LogP contribution in [0.2, 0.25) is 0 Å². The van der Waals surface area contributed by atoms with Gasteiger partial charge in [-0.1, -0.05) is 36.4 Å². The van der Waals surface area contributed by atoms with Crippen molar-refractivity contribution in [3.63, 3.8) is 0 Å². The Labute approximate surface area is 146 Å². The highest BCUT2D eigenvalue weighted by Crippen LogP contribution is 2.24. The van der Waals surface area contributed by atoms with Gasteiger partial charge in [-0.25, -0.2) is 4.98 Å². The van der Waals surface area contributed by atoms with E-state index in [1.807, 2.05) is 55.7 Å². The fourth-order valence-electron chi connectivity index (χ4n) is 2.58. The maximum absolute atomic E-state index is 12.6. The van der Waals surface area contributed by atoms with Crippen molar-refractivity contribution in [3.05, 3.63) is 76.3 Å². The minimum absolute atomic E-state index is 0.0279. The molecule has 0 N–H and O–H groups in total. The van der Waals surface area contributed by atoms with Gasteiger partial charge in [0, 0.05) is 35.8 Å². The van der Waals surface area contributed by atoms with Crippen LogP contribution in [0.5, 0.6) is 0 Å². The van der Waals surface area contributed by atoms with E-state index in [1.165, 1.54) is 11.1 Å². The van der Waals surface area contributed by atoms with Crippen LogP contribution in [0.4, 0.5) is 0 Å². The standard InChI is InChI=1S/C20H20N2OS/c1-14-6-4-5-7-18(14)12-22(3)20(23)17-10-8-16(9-11-17)19-21-15(2)13-24-19/h4-11,13H,12H2,1-3H3. The lowest BCUT2D eigenvalue weighted by atomic mass is 10.1. The van der Waals surface area contributed by atoms with Crippen LogP contribution in [0.3, 0.4) is 0 Å². The van der Waals surface area contributed by atoms with Crippen LogP contribution in [0.1, 0.15) is 27.2 Å². The average molecular weight is 336 g/mol. The van der Waals surface area contributed by atoms with E-state index in [1.54, 1.807) is 16.2 Å². The molecule has 3 rings (SSSR count). The van der Waals surface area contributed by atoms with E-state index < -0.39 is 0 Å². The first-order valence-corrected chi connectivity index (χ1v) is 8.75. The number of hydrogen-bond donors (Lipinski definition) is 0. The number of thiazole rings is 1. The topological polar surface area (TPSA) is 33.2 Å². The van der Waals surface area contributed by atoms with Crippen molar-refractivity contribution in [2.45, 2.75) is 20.4 Å². The van der Waals surface area contributed by atoms with Gasteiger partial charge in [0.1, 0.15) is 5.01 Å². The number of amides is 1. The third kappa shape index (κ3) is 3.54. The van der Waals surface area contributed by atoms with E-state index >= 15 is 0 Å². The van der Waals surface area contributed by atoms with E-state index in [4.69, 9.17) is 0 Å². The van der Waals surface area contributed by atoms with Crippen LogP contribution in [0.25, 0.3) is 10.6 Å². The fourth-order valence-corrected chi connectivity index (χ4v) is 3.38. The Balaban J connectivity index is 1.74. The second-order valence-corrected chi connectivity index (χ2v) is 6.82. The summed E-state index contributed by atoms with van der Waals surface area (Å²) < 4.78 is 0. The van der Waals surface area contributed by atoms with Crippen molar-refractivity contribution in [2.24, 2.45) is 0 Å². The van der Waals surface area contributed by atoms with Crippen molar-refractivity contribution < 1.29 is 4.79 Å². The number of aryl methyl sites for hydroxylation is 2. The third-order valence-electron chi connectivity index (χ3n) is 4.01. The third-order valence-corrected chi connectivity index (χ3v) is 5.02. The van der Waals surface area contributed by atoms with Crippen LogP contribution in [0.15, 0.2) is 53.9 Å². The molecule has 0 aliphatic rings. The van der Waals surface area contributed by atoms with Crippen molar-refractivity contribution in [2.75, 3.05) is 7.05 Å². The Kier molecular flexibility index (Phi) is 4.76. The summed E-state index contributed by atoms with van der Waals surface area (Å²) in [5.41, 5.74) is 5.14. The first-order valence-electron chi connectivity index (χ1n) is 7.87. The number of nitrogens with zero attached hydrogens (tertiary/aromatic N) is 2. The zero-order chi connectivity index (χ0) is 17.1. The second-order valence-electron chi connectivity index (χ2n) is 5.96. The summed E-state index contributed by atoms with van der Waals surface area (Å²) in [7, 11) is 1.84. The van der Waals surface area contributed by atoms with E-state index in [0.29, 0.717) is 12.1 Å². The molecule has 3 aromatic rings. The van der Waals surface area contributed by atoms with E-state index in [-0.39, 0.29) is 5.91 Å². The van der Waals surface area contributed by atoms with Gasteiger partial charge in [0.15, 0.2) is 0 Å². The lowest BCUT2D eigenvalue weighted by Gasteiger charge is -2.18. The first kappa shape index (κ1) is 16.4. The van der Waals surface area contributed by atoms with Crippen molar-refractivity contribution in [1.82, 2.24) is 9.88 Å². The van der Waals surface area contributed by atoms with Gasteiger partial charge in [-0.3, -0.25) is 4.79 Å². The minimum Gasteiger partial charge on any atom is -0.337 e. The highest BCUT2D eigenvalue weighted by molar-refractivity contribution is 7.13. The van der Waals surface area contributed by atoms with Gasteiger partial charge in [-0.15, -0.1) is 11.3 Å². The SMILES string of the molecule is Cc1csc(-c2ccc(C(=O)N(C)Cc3ccccc3C)cc2)n1. The molecule has 2 aromatic carbocycles. The monoisotopic (exact) mass is 336 g/mol. The fraction of sp³-hybridized carbons (Fsp3) is 0.200. The lowest BCUT2D eigenvalue weighted by Crippen LogP contribution is -2.26. The normalized spacial score (nSPS) is 10.6. The van der Waals surface area contributed by atoms with Crippen molar-refractivity contribution >= 4 is 17.2 Å². The number of rotatable bonds is 4. The molecule has 0 saturated heterocycles. The average Bonchev–Trinajstić information content (AvgIpc) is 3.03. The number of aromatic nitrogens is 1. The van der Waals surface area contributed by atoms with Crippen LogP contribution in [-0.2, 0) is 6.54 Å². The molecule has 1 aromatic heterocycles. The highest BCUT2D eigenvalue weighted by Gasteiger charge is 2.13. The molecule has 0 aliphatic heterocycles. The van der Waals surface area contributed by atoms with Crippen molar-refractivity contribution in [3.8, 4) is 10.6 Å². The maximum Gasteiger partial charge on any atom is 0.253 e. The van der Waals surface area contributed by atoms with E-state index in [9.17, 15) is 4.79 Å². The smallest absolute Gasteiger partial charge is 0.253 e. The first-order chi connectivity index (χ1) is 11.5. The Hall–Kier alpha value is -2.46. The minimum atomic E-state index is 0.0279. The molecule has 0 fully saturated rings. The molecule has 0 bridgehead atoms. The van der Waals surface area contributed by atoms with Crippen LogP contribution in [-0.4, -0.2) is 22.8 Å². The molecule has 0 saturated carbocycles. The Morgan fingerprint density at radius 1 is 1.08 bits per heavy atom. The largest absolute Gasteiger partial charge is 0.337 e. The van der Waals surface area contributed by atoms with Gasteiger partial charge in [0.2, 0.25) is 0 Å². The van der Waals surface area contributed by atoms with Crippen LogP contribution >= 0.6 is 11.3 Å². The van der Waals surface area contributed by atoms with Crippen LogP contribution in [0, 0.1) is 13.8 Å². The summed E-state index contributed by atoms with van der Waals surface area (Å²) >= 11 is 1.62. The Morgan fingerprint density at radius 3 is 2.42 bits per heavy atom. The summed E-state index contributed by atoms with van der Waals surface area (Å²) in [6, 6.07) is 15.8. The van der Waals surface area contributed by atoms with Gasteiger partial charge in [0.05, 0.1) is 0 Å². The number of carbonyl (C=O) groups is 1. The second kappa shape index (κ2) is 6.97. The predicted molar refractivity (Wildman–Crippen MR) is 99.3 cm³/mol. The molecular formula is C20H20N2OS. The molecule has 0 spiro atoms. The molecule has 0 radical (unpaired) electrons. The number of carbonyl (C=O) groups excluding carboxylic acids is 1. The Morgan fingerprint density at radius 2 is 1.79 bits per heavy atom. The zero-order valence-corrected chi connectivity index (χ0v) is 14.9. The highest BCUT2D eigenvalue weighted by atomic mass is 32.1. The summed E-state index contributed by atoms with van der Waals surface area (Å²) in [6.45, 7) is 4.66. The molecule has 4 heteroatoms. The van der Waals surface area contributed by atoms with Gasteiger partial charge in [-0.2, -0.15) is 0 Å². The lowest BCUT2D eigenvalue weighted by molar-refractivity contribution is 0.0785. The summed E-state index contributed by atoms with van der Waals surface area (Å²) in [5.74, 6) is 0.0279. The van der Waals surface area contributed by atoms with Gasteiger partial charge >= 0.3 is 0 Å². The Bertz CT molecular complexity index is 852. The van der Waals surface area contributed by atoms with Gasteiger partial charge < -0.3 is 4.90 Å². The van der Waals surface area contributed by atoms with Crippen molar-refractivity contribution in [1.29, 1.82) is 0 Å². The summed E-state index contributed by atoms with van der Waals surface area (Å²) in [5, 5.41) is 3.02. The number of benzene rings is 2. The number of hydrogen-bond acceptors (Lipinski definition) is 3. The molecule has 122 valence electrons. The molecule has 0 unspecified atom stereocenters.